The third-order valence-corrected chi connectivity index (χ3v) is 1.84. The van der Waals surface area contributed by atoms with E-state index in [1.54, 1.807) is 5.57 Å². The largest absolute Gasteiger partial charge is 0.0816 e. The molecule has 0 heterocycles. The molecule has 0 saturated heterocycles. The summed E-state index contributed by atoms with van der Waals surface area (Å²) in [5, 5.41) is 0. The Labute approximate surface area is 58.0 Å². The fourth-order valence-electron chi connectivity index (χ4n) is 1.21. The van der Waals surface area contributed by atoms with Crippen molar-refractivity contribution in [2.75, 3.05) is 0 Å². The maximum Gasteiger partial charge on any atom is -0.0165 e. The molecule has 0 amide bonds. The molecule has 0 saturated carbocycles. The van der Waals surface area contributed by atoms with Crippen LogP contribution in [0.15, 0.2) is 11.6 Å². The Morgan fingerprint density at radius 2 is 2.44 bits per heavy atom. The van der Waals surface area contributed by atoms with Crippen molar-refractivity contribution in [2.45, 2.75) is 39.0 Å². The number of unbranched alkanes of at least 4 members (excludes halogenated alkanes) is 1. The van der Waals surface area contributed by atoms with E-state index in [0.29, 0.717) is 0 Å². The lowest BCUT2D eigenvalue weighted by Crippen LogP contribution is -1.76. The average molecular weight is 123 g/mol. The minimum absolute atomic E-state index is 1.29. The Kier molecular flexibility index (Phi) is 2.82. The Morgan fingerprint density at radius 1 is 1.56 bits per heavy atom. The molecule has 0 aromatic heterocycles. The fraction of sp³-hybridized carbons (Fsp3) is 0.667. The molecule has 9 heavy (non-hydrogen) atoms. The normalized spacial score (nSPS) is 18.1. The highest BCUT2D eigenvalue weighted by Gasteiger charge is 2.02. The Morgan fingerprint density at radius 3 is 3.00 bits per heavy atom. The Hall–Kier alpha value is -0.260. The highest BCUT2D eigenvalue weighted by atomic mass is 14.1. The van der Waals surface area contributed by atoms with Crippen LogP contribution in [0.1, 0.15) is 39.0 Å². The number of hydrogen-bond donors (Lipinski definition) is 0. The third kappa shape index (κ3) is 2.21. The van der Waals surface area contributed by atoms with Crippen molar-refractivity contribution in [3.05, 3.63) is 18.1 Å². The summed E-state index contributed by atoms with van der Waals surface area (Å²) in [4.78, 5) is 0. The molecule has 0 fully saturated rings. The number of rotatable bonds is 3. The standard InChI is InChI=1S/C9H15/c1-2-3-6-9-7-4-5-8-9/h4,7H,2-3,5-6,8H2,1H3. The molecule has 1 aliphatic carbocycles. The van der Waals surface area contributed by atoms with Gasteiger partial charge in [-0.3, -0.25) is 0 Å². The lowest BCUT2D eigenvalue weighted by Gasteiger charge is -1.96. The predicted molar refractivity (Wildman–Crippen MR) is 41.1 cm³/mol. The van der Waals surface area contributed by atoms with Gasteiger partial charge >= 0.3 is 0 Å². The van der Waals surface area contributed by atoms with E-state index in [9.17, 15) is 0 Å². The molecule has 0 heteroatoms. The first-order valence-corrected chi connectivity index (χ1v) is 3.94. The molecular formula is C9H15. The average Bonchev–Trinajstić information content (AvgIpc) is 2.34. The van der Waals surface area contributed by atoms with Crippen LogP contribution in [0.4, 0.5) is 0 Å². The maximum atomic E-state index is 2.30. The SMILES string of the molecule is CCCCC1=C[CH]CC1. The van der Waals surface area contributed by atoms with Crippen LogP contribution in [0.25, 0.3) is 0 Å². The zero-order chi connectivity index (χ0) is 6.53. The van der Waals surface area contributed by atoms with Gasteiger partial charge in [-0.2, -0.15) is 0 Å². The smallest absolute Gasteiger partial charge is 0.0165 e. The van der Waals surface area contributed by atoms with E-state index in [1.165, 1.54) is 32.1 Å². The topological polar surface area (TPSA) is 0 Å². The van der Waals surface area contributed by atoms with E-state index < -0.39 is 0 Å². The van der Waals surface area contributed by atoms with Crippen molar-refractivity contribution in [1.82, 2.24) is 0 Å². The maximum absolute atomic E-state index is 2.30. The lowest BCUT2D eigenvalue weighted by molar-refractivity contribution is 0.765. The molecule has 0 nitrogen and oxygen atoms in total. The molecule has 1 aliphatic rings. The van der Waals surface area contributed by atoms with Gasteiger partial charge in [0.1, 0.15) is 0 Å². The molecule has 0 bridgehead atoms. The van der Waals surface area contributed by atoms with E-state index in [0.717, 1.165) is 0 Å². The van der Waals surface area contributed by atoms with Crippen LogP contribution in [0.5, 0.6) is 0 Å². The summed E-state index contributed by atoms with van der Waals surface area (Å²) in [5.41, 5.74) is 1.66. The number of allylic oxidation sites excluding steroid dienone is 2. The summed E-state index contributed by atoms with van der Waals surface area (Å²) >= 11 is 0. The summed E-state index contributed by atoms with van der Waals surface area (Å²) in [6.45, 7) is 2.25. The van der Waals surface area contributed by atoms with E-state index in [2.05, 4.69) is 19.4 Å². The molecule has 0 unspecified atom stereocenters. The van der Waals surface area contributed by atoms with Crippen LogP contribution in [0.2, 0.25) is 0 Å². The van der Waals surface area contributed by atoms with Crippen molar-refractivity contribution in [2.24, 2.45) is 0 Å². The first kappa shape index (κ1) is 6.85. The molecule has 0 aliphatic heterocycles. The van der Waals surface area contributed by atoms with Crippen LogP contribution < -0.4 is 0 Å². The van der Waals surface area contributed by atoms with Crippen molar-refractivity contribution in [1.29, 1.82) is 0 Å². The van der Waals surface area contributed by atoms with Gasteiger partial charge in [-0.15, -0.1) is 0 Å². The van der Waals surface area contributed by atoms with Crippen molar-refractivity contribution in [3.63, 3.8) is 0 Å². The summed E-state index contributed by atoms with van der Waals surface area (Å²) in [5.74, 6) is 0. The molecule has 0 spiro atoms. The molecule has 1 rings (SSSR count). The van der Waals surface area contributed by atoms with Gasteiger partial charge in [0.2, 0.25) is 0 Å². The van der Waals surface area contributed by atoms with Gasteiger partial charge in [-0.1, -0.05) is 25.0 Å². The molecule has 0 atom stereocenters. The van der Waals surface area contributed by atoms with E-state index >= 15 is 0 Å². The quantitative estimate of drug-likeness (QED) is 0.541. The highest BCUT2D eigenvalue weighted by molar-refractivity contribution is 5.15. The van der Waals surface area contributed by atoms with Gasteiger partial charge in [-0.05, 0) is 32.1 Å². The zero-order valence-corrected chi connectivity index (χ0v) is 6.19. The molecule has 51 valence electrons. The number of hydrogen-bond acceptors (Lipinski definition) is 0. The summed E-state index contributed by atoms with van der Waals surface area (Å²) in [6, 6.07) is 0. The monoisotopic (exact) mass is 123 g/mol. The van der Waals surface area contributed by atoms with E-state index in [4.69, 9.17) is 0 Å². The second-order valence-corrected chi connectivity index (χ2v) is 2.70. The van der Waals surface area contributed by atoms with E-state index in [-0.39, 0.29) is 0 Å². The summed E-state index contributed by atoms with van der Waals surface area (Å²) in [6.07, 6.45) is 11.3. The van der Waals surface area contributed by atoms with Crippen LogP contribution in [0.3, 0.4) is 0 Å². The van der Waals surface area contributed by atoms with E-state index in [1.807, 2.05) is 0 Å². The van der Waals surface area contributed by atoms with Crippen LogP contribution in [-0.4, -0.2) is 0 Å². The van der Waals surface area contributed by atoms with Crippen LogP contribution >= 0.6 is 0 Å². The first-order chi connectivity index (χ1) is 4.43. The molecular weight excluding hydrogens is 108 g/mol. The highest BCUT2D eigenvalue weighted by Crippen LogP contribution is 2.21. The lowest BCUT2D eigenvalue weighted by atomic mass is 10.1. The first-order valence-electron chi connectivity index (χ1n) is 3.94. The predicted octanol–water partition coefficient (Wildman–Crippen LogP) is 3.10. The Bertz CT molecular complexity index is 101. The fourth-order valence-corrected chi connectivity index (χ4v) is 1.21. The van der Waals surface area contributed by atoms with Crippen molar-refractivity contribution >= 4 is 0 Å². The van der Waals surface area contributed by atoms with Crippen molar-refractivity contribution < 1.29 is 0 Å². The Balaban J connectivity index is 2.11. The van der Waals surface area contributed by atoms with Gasteiger partial charge in [0.25, 0.3) is 0 Å². The third-order valence-electron chi connectivity index (χ3n) is 1.84. The second-order valence-electron chi connectivity index (χ2n) is 2.70. The van der Waals surface area contributed by atoms with Gasteiger partial charge in [0.15, 0.2) is 0 Å². The van der Waals surface area contributed by atoms with Gasteiger partial charge in [0.05, 0.1) is 0 Å². The summed E-state index contributed by atoms with van der Waals surface area (Å²) in [7, 11) is 0. The van der Waals surface area contributed by atoms with Crippen molar-refractivity contribution in [3.8, 4) is 0 Å². The van der Waals surface area contributed by atoms with Gasteiger partial charge in [0, 0.05) is 0 Å². The molecule has 1 radical (unpaired) electrons. The minimum atomic E-state index is 1.29. The van der Waals surface area contributed by atoms with Crippen LogP contribution in [0, 0.1) is 6.42 Å². The minimum Gasteiger partial charge on any atom is -0.0816 e. The van der Waals surface area contributed by atoms with Crippen LogP contribution in [-0.2, 0) is 0 Å². The molecule has 0 aromatic carbocycles. The zero-order valence-electron chi connectivity index (χ0n) is 6.19. The molecule has 0 N–H and O–H groups in total. The van der Waals surface area contributed by atoms with Gasteiger partial charge in [-0.25, -0.2) is 0 Å². The second kappa shape index (κ2) is 3.71. The molecule has 0 aromatic rings. The van der Waals surface area contributed by atoms with Gasteiger partial charge < -0.3 is 0 Å². The summed E-state index contributed by atoms with van der Waals surface area (Å²) < 4.78 is 0.